The molecule has 0 aromatic carbocycles. The fraction of sp³-hybridized carbons (Fsp3) is 0.700. The molecular weight excluding hydrogens is 184 g/mol. The zero-order valence-electron chi connectivity index (χ0n) is 9.16. The van der Waals surface area contributed by atoms with Crippen molar-refractivity contribution in [3.05, 3.63) is 11.1 Å². The summed E-state index contributed by atoms with van der Waals surface area (Å²) in [5.41, 5.74) is 0.887. The molecule has 14 heavy (non-hydrogen) atoms. The Hall–Kier alpha value is -0.870. The molecule has 0 bridgehead atoms. The third-order valence-electron chi connectivity index (χ3n) is 1.64. The van der Waals surface area contributed by atoms with Crippen LogP contribution in [0.15, 0.2) is 11.1 Å². The Bertz CT molecular complexity index is 210. The quantitative estimate of drug-likeness (QED) is 0.527. The summed E-state index contributed by atoms with van der Waals surface area (Å²) in [6.45, 7) is 7.92. The number of rotatable bonds is 6. The fourth-order valence-corrected chi connectivity index (χ4v) is 1.07. The van der Waals surface area contributed by atoms with E-state index in [9.17, 15) is 4.79 Å². The lowest BCUT2D eigenvalue weighted by Crippen LogP contribution is -2.25. The first kappa shape index (κ1) is 13.1. The number of carboxylic acids is 1. The van der Waals surface area contributed by atoms with Crippen molar-refractivity contribution < 1.29 is 19.4 Å². The molecule has 0 atom stereocenters. The van der Waals surface area contributed by atoms with Crippen LogP contribution >= 0.6 is 0 Å². The second kappa shape index (κ2) is 6.56. The predicted molar refractivity (Wildman–Crippen MR) is 53.0 cm³/mol. The van der Waals surface area contributed by atoms with Crippen LogP contribution in [-0.2, 0) is 14.3 Å². The van der Waals surface area contributed by atoms with Gasteiger partial charge in [-0.2, -0.15) is 0 Å². The minimum Gasteiger partial charge on any atom is -0.478 e. The van der Waals surface area contributed by atoms with Crippen LogP contribution in [0.1, 0.15) is 27.7 Å². The van der Waals surface area contributed by atoms with Crippen molar-refractivity contribution in [3.8, 4) is 0 Å². The first-order valence-electron chi connectivity index (χ1n) is 4.68. The fourth-order valence-electron chi connectivity index (χ4n) is 1.07. The third kappa shape index (κ3) is 3.89. The summed E-state index contributed by atoms with van der Waals surface area (Å²) >= 11 is 0. The van der Waals surface area contributed by atoms with Crippen molar-refractivity contribution in [1.29, 1.82) is 0 Å². The molecule has 0 aromatic heterocycles. The summed E-state index contributed by atoms with van der Waals surface area (Å²) in [5.74, 6) is -0.989. The van der Waals surface area contributed by atoms with Crippen LogP contribution in [0.4, 0.5) is 0 Å². The van der Waals surface area contributed by atoms with Crippen molar-refractivity contribution in [2.24, 2.45) is 0 Å². The van der Waals surface area contributed by atoms with Gasteiger partial charge in [0.05, 0.1) is 5.57 Å². The number of hydrogen-bond donors (Lipinski definition) is 1. The highest BCUT2D eigenvalue weighted by molar-refractivity contribution is 5.88. The van der Waals surface area contributed by atoms with Gasteiger partial charge in [-0.1, -0.05) is 5.57 Å². The van der Waals surface area contributed by atoms with E-state index in [4.69, 9.17) is 14.6 Å². The summed E-state index contributed by atoms with van der Waals surface area (Å²) in [6.07, 6.45) is -0.757. The highest BCUT2D eigenvalue weighted by atomic mass is 16.7. The van der Waals surface area contributed by atoms with Crippen LogP contribution in [0.5, 0.6) is 0 Å². The minimum absolute atomic E-state index is 0.189. The van der Waals surface area contributed by atoms with Crippen LogP contribution in [0.25, 0.3) is 0 Å². The zero-order valence-corrected chi connectivity index (χ0v) is 9.16. The van der Waals surface area contributed by atoms with Crippen LogP contribution in [0.3, 0.4) is 0 Å². The number of carboxylic acid groups (broad SMARTS) is 1. The summed E-state index contributed by atoms with van der Waals surface area (Å²) in [5, 5.41) is 8.95. The van der Waals surface area contributed by atoms with Gasteiger partial charge < -0.3 is 14.6 Å². The Morgan fingerprint density at radius 2 is 1.64 bits per heavy atom. The van der Waals surface area contributed by atoms with Gasteiger partial charge >= 0.3 is 5.97 Å². The zero-order chi connectivity index (χ0) is 11.1. The maximum Gasteiger partial charge on any atom is 0.336 e. The lowest BCUT2D eigenvalue weighted by atomic mass is 10.1. The van der Waals surface area contributed by atoms with E-state index in [1.165, 1.54) is 0 Å². The second-order valence-electron chi connectivity index (χ2n) is 2.96. The predicted octanol–water partition coefficient (Wildman–Crippen LogP) is 1.81. The SMILES string of the molecule is CCOC(OCC)C(C(=O)O)=C(C)C. The number of ether oxygens (including phenoxy) is 2. The molecule has 4 nitrogen and oxygen atoms in total. The molecule has 0 aliphatic heterocycles. The van der Waals surface area contributed by atoms with Crippen LogP contribution in [-0.4, -0.2) is 30.6 Å². The Balaban J connectivity index is 4.74. The maximum absolute atomic E-state index is 10.9. The van der Waals surface area contributed by atoms with E-state index < -0.39 is 12.3 Å². The molecule has 0 saturated heterocycles. The first-order valence-corrected chi connectivity index (χ1v) is 4.68. The van der Waals surface area contributed by atoms with Gasteiger partial charge in [0.1, 0.15) is 0 Å². The molecular formula is C10H18O4. The lowest BCUT2D eigenvalue weighted by molar-refractivity contribution is -0.145. The molecule has 0 rings (SSSR count). The monoisotopic (exact) mass is 202 g/mol. The molecule has 0 aromatic rings. The van der Waals surface area contributed by atoms with E-state index in [-0.39, 0.29) is 5.57 Å². The molecule has 0 radical (unpaired) electrons. The Morgan fingerprint density at radius 1 is 1.21 bits per heavy atom. The highest BCUT2D eigenvalue weighted by Crippen LogP contribution is 2.14. The summed E-state index contributed by atoms with van der Waals surface area (Å²) < 4.78 is 10.4. The first-order chi connectivity index (χ1) is 6.54. The van der Waals surface area contributed by atoms with Gasteiger partial charge in [0, 0.05) is 13.2 Å². The largest absolute Gasteiger partial charge is 0.478 e. The van der Waals surface area contributed by atoms with Crippen molar-refractivity contribution in [2.45, 2.75) is 34.0 Å². The molecule has 0 saturated carbocycles. The molecule has 1 N–H and O–H groups in total. The van der Waals surface area contributed by atoms with E-state index in [1.807, 2.05) is 0 Å². The van der Waals surface area contributed by atoms with Gasteiger partial charge in [-0.3, -0.25) is 0 Å². The van der Waals surface area contributed by atoms with Gasteiger partial charge in [0.2, 0.25) is 0 Å². The third-order valence-corrected chi connectivity index (χ3v) is 1.64. The molecule has 0 aliphatic carbocycles. The molecule has 82 valence electrons. The number of hydrogen-bond acceptors (Lipinski definition) is 3. The van der Waals surface area contributed by atoms with Crippen molar-refractivity contribution in [1.82, 2.24) is 0 Å². The summed E-state index contributed by atoms with van der Waals surface area (Å²) in [7, 11) is 0. The van der Waals surface area contributed by atoms with Crippen molar-refractivity contribution in [2.75, 3.05) is 13.2 Å². The van der Waals surface area contributed by atoms with E-state index in [1.54, 1.807) is 27.7 Å². The van der Waals surface area contributed by atoms with Crippen molar-refractivity contribution >= 4 is 5.97 Å². The Kier molecular flexibility index (Phi) is 6.16. The highest BCUT2D eigenvalue weighted by Gasteiger charge is 2.22. The molecule has 0 amide bonds. The molecule has 0 fully saturated rings. The van der Waals surface area contributed by atoms with Gasteiger partial charge in [0.25, 0.3) is 0 Å². The van der Waals surface area contributed by atoms with Gasteiger partial charge in [0.15, 0.2) is 6.29 Å². The van der Waals surface area contributed by atoms with Crippen LogP contribution < -0.4 is 0 Å². The maximum atomic E-state index is 10.9. The summed E-state index contributed by atoms with van der Waals surface area (Å²) in [6, 6.07) is 0. The average molecular weight is 202 g/mol. The molecule has 0 spiro atoms. The average Bonchev–Trinajstić information content (AvgIpc) is 2.03. The Morgan fingerprint density at radius 3 is 1.86 bits per heavy atom. The van der Waals surface area contributed by atoms with E-state index in [2.05, 4.69) is 0 Å². The normalized spacial score (nSPS) is 10.4. The van der Waals surface area contributed by atoms with Gasteiger partial charge in [-0.15, -0.1) is 0 Å². The number of allylic oxidation sites excluding steroid dienone is 1. The molecule has 0 unspecified atom stereocenters. The minimum atomic E-state index is -0.989. The molecule has 0 aliphatic rings. The van der Waals surface area contributed by atoms with Crippen molar-refractivity contribution in [3.63, 3.8) is 0 Å². The number of carbonyl (C=O) groups is 1. The summed E-state index contributed by atoms with van der Waals surface area (Å²) in [4.78, 5) is 10.9. The van der Waals surface area contributed by atoms with E-state index in [0.717, 1.165) is 0 Å². The van der Waals surface area contributed by atoms with E-state index >= 15 is 0 Å². The second-order valence-corrected chi connectivity index (χ2v) is 2.96. The van der Waals surface area contributed by atoms with Crippen LogP contribution in [0.2, 0.25) is 0 Å². The molecule has 4 heteroatoms. The topological polar surface area (TPSA) is 55.8 Å². The smallest absolute Gasteiger partial charge is 0.336 e. The standard InChI is InChI=1S/C10H18O4/c1-5-13-10(14-6-2)8(7(3)4)9(11)12/h10H,5-6H2,1-4H3,(H,11,12). The van der Waals surface area contributed by atoms with Gasteiger partial charge in [-0.05, 0) is 27.7 Å². The van der Waals surface area contributed by atoms with E-state index in [0.29, 0.717) is 18.8 Å². The van der Waals surface area contributed by atoms with Crippen LogP contribution in [0, 0.1) is 0 Å². The Labute approximate surface area is 84.5 Å². The lowest BCUT2D eigenvalue weighted by Gasteiger charge is -2.18. The number of aliphatic carboxylic acids is 1. The van der Waals surface area contributed by atoms with Gasteiger partial charge in [-0.25, -0.2) is 4.79 Å². The molecule has 0 heterocycles.